The van der Waals surface area contributed by atoms with Gasteiger partial charge in [0, 0.05) is 0 Å². The topological polar surface area (TPSA) is 63.4 Å². The molecule has 2 atom stereocenters. The van der Waals surface area contributed by atoms with Gasteiger partial charge in [-0.05, 0) is 30.7 Å². The Balaban J connectivity index is 2.31. The summed E-state index contributed by atoms with van der Waals surface area (Å²) in [4.78, 5) is 25.0. The van der Waals surface area contributed by atoms with Crippen molar-refractivity contribution in [3.63, 3.8) is 0 Å². The maximum atomic E-state index is 12.5. The van der Waals surface area contributed by atoms with E-state index in [2.05, 4.69) is 6.58 Å². The van der Waals surface area contributed by atoms with Crippen LogP contribution in [0.15, 0.2) is 36.9 Å². The number of carbonyl (C=O) groups is 2. The van der Waals surface area contributed by atoms with Gasteiger partial charge in [0.2, 0.25) is 5.91 Å². The fourth-order valence-electron chi connectivity index (χ4n) is 2.23. The summed E-state index contributed by atoms with van der Waals surface area (Å²) in [6.45, 7) is 3.49. The largest absolute Gasteiger partial charge is 0.416 e. The minimum Gasteiger partial charge on any atom is -0.319 e. The van der Waals surface area contributed by atoms with E-state index in [0.717, 1.165) is 29.2 Å². The molecule has 2 amide bonds. The first-order valence-corrected chi connectivity index (χ1v) is 6.19. The van der Waals surface area contributed by atoms with Crippen LogP contribution in [0.3, 0.4) is 0 Å². The third kappa shape index (κ3) is 2.69. The zero-order valence-electron chi connectivity index (χ0n) is 10.9. The van der Waals surface area contributed by atoms with Crippen LogP contribution in [0.4, 0.5) is 18.9 Å². The molecule has 0 radical (unpaired) electrons. The van der Waals surface area contributed by atoms with Gasteiger partial charge in [0.25, 0.3) is 5.91 Å². The SMILES string of the molecule is C=CCC1C(=O)N(c2ccc(C(F)(F)F)cc2)C(=O)C1N. The number of imide groups is 1. The molecule has 1 aromatic carbocycles. The summed E-state index contributed by atoms with van der Waals surface area (Å²) >= 11 is 0. The summed E-state index contributed by atoms with van der Waals surface area (Å²) in [5.41, 5.74) is 4.92. The number of allylic oxidation sites excluding steroid dienone is 1. The molecule has 7 heteroatoms. The monoisotopic (exact) mass is 298 g/mol. The summed E-state index contributed by atoms with van der Waals surface area (Å²) in [7, 11) is 0. The number of carbonyl (C=O) groups excluding carboxylic acids is 2. The van der Waals surface area contributed by atoms with Crippen LogP contribution in [-0.2, 0) is 15.8 Å². The molecule has 4 nitrogen and oxygen atoms in total. The van der Waals surface area contributed by atoms with Crippen LogP contribution in [0.25, 0.3) is 0 Å². The van der Waals surface area contributed by atoms with Gasteiger partial charge < -0.3 is 5.73 Å². The van der Waals surface area contributed by atoms with E-state index in [1.165, 1.54) is 6.08 Å². The van der Waals surface area contributed by atoms with Crippen molar-refractivity contribution in [2.45, 2.75) is 18.6 Å². The number of hydrogen-bond donors (Lipinski definition) is 1. The molecule has 2 unspecified atom stereocenters. The predicted molar refractivity (Wildman–Crippen MR) is 70.2 cm³/mol. The average molecular weight is 298 g/mol. The number of nitrogens with zero attached hydrogens (tertiary/aromatic N) is 1. The van der Waals surface area contributed by atoms with Crippen LogP contribution in [0.5, 0.6) is 0 Å². The van der Waals surface area contributed by atoms with Gasteiger partial charge in [0.15, 0.2) is 0 Å². The van der Waals surface area contributed by atoms with E-state index in [1.807, 2.05) is 0 Å². The van der Waals surface area contributed by atoms with Gasteiger partial charge in [0.05, 0.1) is 23.2 Å². The van der Waals surface area contributed by atoms with Gasteiger partial charge in [-0.25, -0.2) is 4.90 Å². The number of anilines is 1. The van der Waals surface area contributed by atoms with Crippen LogP contribution in [0.2, 0.25) is 0 Å². The van der Waals surface area contributed by atoms with Gasteiger partial charge in [-0.2, -0.15) is 13.2 Å². The molecule has 1 saturated heterocycles. The molecule has 0 aromatic heterocycles. The van der Waals surface area contributed by atoms with Crippen LogP contribution in [0, 0.1) is 5.92 Å². The number of nitrogens with two attached hydrogens (primary N) is 1. The van der Waals surface area contributed by atoms with Crippen molar-refractivity contribution >= 4 is 17.5 Å². The second-order valence-electron chi connectivity index (χ2n) is 4.71. The number of amides is 2. The van der Waals surface area contributed by atoms with Gasteiger partial charge in [-0.3, -0.25) is 9.59 Å². The van der Waals surface area contributed by atoms with Crippen molar-refractivity contribution in [3.05, 3.63) is 42.5 Å². The van der Waals surface area contributed by atoms with Crippen molar-refractivity contribution in [1.29, 1.82) is 0 Å². The lowest BCUT2D eigenvalue weighted by atomic mass is 10.00. The summed E-state index contributed by atoms with van der Waals surface area (Å²) in [5.74, 6) is -1.86. The van der Waals surface area contributed by atoms with Crippen LogP contribution in [0.1, 0.15) is 12.0 Å². The number of rotatable bonds is 3. The highest BCUT2D eigenvalue weighted by molar-refractivity contribution is 6.23. The van der Waals surface area contributed by atoms with E-state index in [1.54, 1.807) is 0 Å². The van der Waals surface area contributed by atoms with Crippen LogP contribution in [-0.4, -0.2) is 17.9 Å². The number of halogens is 3. The average Bonchev–Trinajstić information content (AvgIpc) is 2.62. The van der Waals surface area contributed by atoms with Crippen molar-refractivity contribution in [2.75, 3.05) is 4.90 Å². The van der Waals surface area contributed by atoms with E-state index in [-0.39, 0.29) is 12.1 Å². The highest BCUT2D eigenvalue weighted by Gasteiger charge is 2.45. The van der Waals surface area contributed by atoms with Crippen molar-refractivity contribution < 1.29 is 22.8 Å². The van der Waals surface area contributed by atoms with Gasteiger partial charge in [-0.15, -0.1) is 6.58 Å². The molecular formula is C14H13F3N2O2. The van der Waals surface area contributed by atoms with E-state index in [9.17, 15) is 22.8 Å². The molecule has 112 valence electrons. The van der Waals surface area contributed by atoms with Gasteiger partial charge >= 0.3 is 6.18 Å². The number of benzene rings is 1. The molecule has 2 N–H and O–H groups in total. The first kappa shape index (κ1) is 15.2. The number of hydrogen-bond acceptors (Lipinski definition) is 3. The minimum absolute atomic E-state index is 0.0833. The lowest BCUT2D eigenvalue weighted by Gasteiger charge is -2.15. The molecule has 0 spiro atoms. The molecule has 21 heavy (non-hydrogen) atoms. The Morgan fingerprint density at radius 2 is 1.76 bits per heavy atom. The lowest BCUT2D eigenvalue weighted by Crippen LogP contribution is -2.36. The zero-order chi connectivity index (χ0) is 15.8. The third-order valence-electron chi connectivity index (χ3n) is 3.35. The number of alkyl halides is 3. The summed E-state index contributed by atoms with van der Waals surface area (Å²) < 4.78 is 37.5. The second kappa shape index (κ2) is 5.33. The first-order valence-electron chi connectivity index (χ1n) is 6.19. The standard InChI is InChI=1S/C14H13F3N2O2/c1-2-3-10-11(18)13(21)19(12(10)20)9-6-4-8(5-7-9)14(15,16)17/h2,4-7,10-11H,1,3,18H2. The highest BCUT2D eigenvalue weighted by Crippen LogP contribution is 2.32. The van der Waals surface area contributed by atoms with Crippen molar-refractivity contribution in [2.24, 2.45) is 11.7 Å². The van der Waals surface area contributed by atoms with Gasteiger partial charge in [0.1, 0.15) is 0 Å². The fourth-order valence-corrected chi connectivity index (χ4v) is 2.23. The van der Waals surface area contributed by atoms with Gasteiger partial charge in [-0.1, -0.05) is 6.08 Å². The molecule has 0 bridgehead atoms. The quantitative estimate of drug-likeness (QED) is 0.686. The van der Waals surface area contributed by atoms with E-state index in [0.29, 0.717) is 0 Å². The molecule has 0 aliphatic carbocycles. The maximum Gasteiger partial charge on any atom is 0.416 e. The molecule has 1 aliphatic heterocycles. The minimum atomic E-state index is -4.47. The van der Waals surface area contributed by atoms with Crippen LogP contribution < -0.4 is 10.6 Å². The second-order valence-corrected chi connectivity index (χ2v) is 4.71. The smallest absolute Gasteiger partial charge is 0.319 e. The summed E-state index contributed by atoms with van der Waals surface area (Å²) in [6, 6.07) is 2.81. The maximum absolute atomic E-state index is 12.5. The highest BCUT2D eigenvalue weighted by atomic mass is 19.4. The fraction of sp³-hybridized carbons (Fsp3) is 0.286. The Bertz CT molecular complexity index is 581. The van der Waals surface area contributed by atoms with E-state index in [4.69, 9.17) is 5.73 Å². The predicted octanol–water partition coefficient (Wildman–Crippen LogP) is 2.10. The summed E-state index contributed by atoms with van der Waals surface area (Å²) in [6.07, 6.45) is -2.76. The summed E-state index contributed by atoms with van der Waals surface area (Å²) in [5, 5.41) is 0. The van der Waals surface area contributed by atoms with E-state index >= 15 is 0 Å². The Kier molecular flexibility index (Phi) is 3.87. The molecule has 1 aliphatic rings. The zero-order valence-corrected chi connectivity index (χ0v) is 10.9. The molecule has 0 saturated carbocycles. The Labute approximate surface area is 119 Å². The Hall–Kier alpha value is -2.15. The third-order valence-corrected chi connectivity index (χ3v) is 3.35. The Morgan fingerprint density at radius 1 is 1.19 bits per heavy atom. The van der Waals surface area contributed by atoms with Crippen molar-refractivity contribution in [1.82, 2.24) is 0 Å². The first-order chi connectivity index (χ1) is 9.77. The molecule has 1 aromatic rings. The molecule has 1 fully saturated rings. The van der Waals surface area contributed by atoms with E-state index < -0.39 is 35.5 Å². The van der Waals surface area contributed by atoms with Crippen LogP contribution >= 0.6 is 0 Å². The molecule has 2 rings (SSSR count). The molecular weight excluding hydrogens is 285 g/mol. The normalized spacial score (nSPS) is 22.8. The molecule has 1 heterocycles. The van der Waals surface area contributed by atoms with Crippen molar-refractivity contribution in [3.8, 4) is 0 Å². The lowest BCUT2D eigenvalue weighted by molar-refractivity contribution is -0.137. The Morgan fingerprint density at radius 3 is 2.24 bits per heavy atom.